The van der Waals surface area contributed by atoms with Crippen LogP contribution < -0.4 is 5.32 Å². The molecule has 1 aromatic rings. The number of aliphatic carboxylic acids is 1. The second-order valence-electron chi connectivity index (χ2n) is 4.27. The lowest BCUT2D eigenvalue weighted by molar-refractivity contribution is -0.145. The van der Waals surface area contributed by atoms with Crippen LogP contribution >= 0.6 is 0 Å². The van der Waals surface area contributed by atoms with Crippen molar-refractivity contribution >= 4 is 11.9 Å². The number of nitrogens with one attached hydrogen (secondary N) is 1. The molecule has 4 heteroatoms. The molecule has 1 aromatic carbocycles. The summed E-state index contributed by atoms with van der Waals surface area (Å²) in [5.74, 6) is -1.31. The van der Waals surface area contributed by atoms with Crippen molar-refractivity contribution in [3.63, 3.8) is 0 Å². The van der Waals surface area contributed by atoms with Crippen molar-refractivity contribution in [1.29, 1.82) is 0 Å². The molecule has 0 heterocycles. The van der Waals surface area contributed by atoms with Crippen LogP contribution in [0.5, 0.6) is 0 Å². The molecule has 0 saturated carbocycles. The van der Waals surface area contributed by atoms with Crippen molar-refractivity contribution in [1.82, 2.24) is 5.32 Å². The van der Waals surface area contributed by atoms with Gasteiger partial charge in [-0.25, -0.2) is 0 Å². The van der Waals surface area contributed by atoms with E-state index in [1.165, 1.54) is 0 Å². The first-order valence-corrected chi connectivity index (χ1v) is 5.67. The summed E-state index contributed by atoms with van der Waals surface area (Å²) in [6.45, 7) is 5.38. The zero-order valence-electron chi connectivity index (χ0n) is 10.3. The summed E-state index contributed by atoms with van der Waals surface area (Å²) in [6, 6.07) is 8.77. The first-order valence-electron chi connectivity index (χ1n) is 5.67. The number of rotatable bonds is 6. The minimum absolute atomic E-state index is 0.0970. The summed E-state index contributed by atoms with van der Waals surface area (Å²) in [6.07, 6.45) is 1.46. The molecule has 1 unspecified atom stereocenters. The van der Waals surface area contributed by atoms with E-state index in [0.29, 0.717) is 12.1 Å². The van der Waals surface area contributed by atoms with E-state index in [1.807, 2.05) is 6.07 Å². The molecule has 0 fully saturated rings. The number of amides is 1. The van der Waals surface area contributed by atoms with Crippen LogP contribution in [0, 0.1) is 0 Å². The van der Waals surface area contributed by atoms with Crippen LogP contribution in [0.1, 0.15) is 18.9 Å². The summed E-state index contributed by atoms with van der Waals surface area (Å²) in [7, 11) is 0. The summed E-state index contributed by atoms with van der Waals surface area (Å²) in [5.41, 5.74) is -0.599. The topological polar surface area (TPSA) is 66.4 Å². The molecule has 1 atom stereocenters. The van der Waals surface area contributed by atoms with Gasteiger partial charge < -0.3 is 10.4 Å². The van der Waals surface area contributed by atoms with Crippen molar-refractivity contribution in [3.05, 3.63) is 48.6 Å². The standard InChI is InChI=1S/C14H17NO3/c1-3-9-15-12(16)10-14(2,13(17)18)11-7-5-4-6-8-11/h3-8H,1,9-10H2,2H3,(H,15,16)(H,17,18). The van der Waals surface area contributed by atoms with Crippen molar-refractivity contribution in [3.8, 4) is 0 Å². The molecule has 0 aliphatic heterocycles. The van der Waals surface area contributed by atoms with Crippen LogP contribution in [-0.2, 0) is 15.0 Å². The molecule has 0 aliphatic rings. The monoisotopic (exact) mass is 247 g/mol. The fourth-order valence-electron chi connectivity index (χ4n) is 1.68. The first-order chi connectivity index (χ1) is 8.50. The van der Waals surface area contributed by atoms with Crippen LogP contribution in [0.15, 0.2) is 43.0 Å². The van der Waals surface area contributed by atoms with Crippen LogP contribution in [0.25, 0.3) is 0 Å². The van der Waals surface area contributed by atoms with Gasteiger partial charge in [0.15, 0.2) is 0 Å². The highest BCUT2D eigenvalue weighted by molar-refractivity contribution is 5.89. The van der Waals surface area contributed by atoms with Gasteiger partial charge in [-0.1, -0.05) is 36.4 Å². The number of carbonyl (C=O) groups is 2. The molecule has 0 bridgehead atoms. The molecule has 0 spiro atoms. The van der Waals surface area contributed by atoms with Crippen molar-refractivity contribution in [2.75, 3.05) is 6.54 Å². The Kier molecular flexibility index (Phi) is 4.66. The molecule has 0 radical (unpaired) electrons. The molecular weight excluding hydrogens is 230 g/mol. The van der Waals surface area contributed by atoms with E-state index in [2.05, 4.69) is 11.9 Å². The second kappa shape index (κ2) is 6.00. The van der Waals surface area contributed by atoms with E-state index < -0.39 is 11.4 Å². The third kappa shape index (κ3) is 3.20. The van der Waals surface area contributed by atoms with E-state index in [9.17, 15) is 14.7 Å². The molecule has 1 amide bonds. The quantitative estimate of drug-likeness (QED) is 0.752. The first kappa shape index (κ1) is 14.0. The van der Waals surface area contributed by atoms with Crippen molar-refractivity contribution < 1.29 is 14.7 Å². The average Bonchev–Trinajstić information content (AvgIpc) is 2.37. The maximum atomic E-state index is 11.7. The Morgan fingerprint density at radius 2 is 2.00 bits per heavy atom. The molecule has 1 rings (SSSR count). The van der Waals surface area contributed by atoms with Gasteiger partial charge in [0.1, 0.15) is 0 Å². The summed E-state index contributed by atoms with van der Waals surface area (Å²) >= 11 is 0. The fourth-order valence-corrected chi connectivity index (χ4v) is 1.68. The third-order valence-corrected chi connectivity index (χ3v) is 2.84. The van der Waals surface area contributed by atoms with Crippen LogP contribution in [-0.4, -0.2) is 23.5 Å². The molecule has 0 saturated heterocycles. The van der Waals surface area contributed by atoms with Gasteiger partial charge in [-0.2, -0.15) is 0 Å². The summed E-state index contributed by atoms with van der Waals surface area (Å²) in [5, 5.41) is 12.0. The van der Waals surface area contributed by atoms with Gasteiger partial charge in [-0.15, -0.1) is 6.58 Å². The van der Waals surface area contributed by atoms with Gasteiger partial charge in [-0.3, -0.25) is 9.59 Å². The Bertz CT molecular complexity index is 442. The van der Waals surface area contributed by atoms with E-state index in [0.717, 1.165) is 0 Å². The smallest absolute Gasteiger partial charge is 0.314 e. The van der Waals surface area contributed by atoms with Crippen LogP contribution in [0.3, 0.4) is 0 Å². The van der Waals surface area contributed by atoms with Crippen LogP contribution in [0.4, 0.5) is 0 Å². The van der Waals surface area contributed by atoms with Crippen molar-refractivity contribution in [2.45, 2.75) is 18.8 Å². The Labute approximate surface area is 106 Å². The Morgan fingerprint density at radius 1 is 1.39 bits per heavy atom. The Morgan fingerprint density at radius 3 is 2.50 bits per heavy atom. The summed E-state index contributed by atoms with van der Waals surface area (Å²) in [4.78, 5) is 23.1. The summed E-state index contributed by atoms with van der Waals surface area (Å²) < 4.78 is 0. The molecule has 18 heavy (non-hydrogen) atoms. The number of hydrogen-bond acceptors (Lipinski definition) is 2. The van der Waals surface area contributed by atoms with E-state index in [1.54, 1.807) is 37.3 Å². The lowest BCUT2D eigenvalue weighted by atomic mass is 9.79. The van der Waals surface area contributed by atoms with Gasteiger partial charge in [0.05, 0.1) is 5.41 Å². The lowest BCUT2D eigenvalue weighted by Gasteiger charge is -2.24. The number of benzene rings is 1. The third-order valence-electron chi connectivity index (χ3n) is 2.84. The van der Waals surface area contributed by atoms with Gasteiger partial charge in [0, 0.05) is 13.0 Å². The Hall–Kier alpha value is -2.10. The minimum Gasteiger partial charge on any atom is -0.481 e. The van der Waals surface area contributed by atoms with Gasteiger partial charge in [-0.05, 0) is 12.5 Å². The lowest BCUT2D eigenvalue weighted by Crippen LogP contribution is -2.38. The molecule has 0 aromatic heterocycles. The number of carboxylic acids is 1. The predicted molar refractivity (Wildman–Crippen MR) is 69.3 cm³/mol. The highest BCUT2D eigenvalue weighted by Crippen LogP contribution is 2.27. The van der Waals surface area contributed by atoms with E-state index >= 15 is 0 Å². The molecule has 96 valence electrons. The van der Waals surface area contributed by atoms with Gasteiger partial charge in [0.2, 0.25) is 5.91 Å². The normalized spacial score (nSPS) is 13.4. The van der Waals surface area contributed by atoms with E-state index in [4.69, 9.17) is 0 Å². The zero-order chi connectivity index (χ0) is 13.6. The largest absolute Gasteiger partial charge is 0.481 e. The second-order valence-corrected chi connectivity index (χ2v) is 4.27. The van der Waals surface area contributed by atoms with Crippen molar-refractivity contribution in [2.24, 2.45) is 0 Å². The SMILES string of the molecule is C=CCNC(=O)CC(C)(C(=O)O)c1ccccc1. The number of hydrogen-bond donors (Lipinski definition) is 2. The van der Waals surface area contributed by atoms with Crippen LogP contribution in [0.2, 0.25) is 0 Å². The number of carboxylic acid groups (broad SMARTS) is 1. The maximum Gasteiger partial charge on any atom is 0.314 e. The molecule has 0 aliphatic carbocycles. The molecule has 4 nitrogen and oxygen atoms in total. The Balaban J connectivity index is 2.92. The predicted octanol–water partition coefficient (Wildman–Crippen LogP) is 1.72. The van der Waals surface area contributed by atoms with Gasteiger partial charge >= 0.3 is 5.97 Å². The molecular formula is C14H17NO3. The molecule has 2 N–H and O–H groups in total. The number of carbonyl (C=O) groups excluding carboxylic acids is 1. The average molecular weight is 247 g/mol. The highest BCUT2D eigenvalue weighted by atomic mass is 16.4. The highest BCUT2D eigenvalue weighted by Gasteiger charge is 2.37. The fraction of sp³-hybridized carbons (Fsp3) is 0.286. The minimum atomic E-state index is -1.22. The maximum absolute atomic E-state index is 11.7. The van der Waals surface area contributed by atoms with Gasteiger partial charge in [0.25, 0.3) is 0 Å². The van der Waals surface area contributed by atoms with E-state index in [-0.39, 0.29) is 12.3 Å². The zero-order valence-corrected chi connectivity index (χ0v) is 10.3.